The molecule has 3 aliphatic rings. The number of benzene rings is 1. The fourth-order valence-electron chi connectivity index (χ4n) is 5.20. The van der Waals surface area contributed by atoms with Gasteiger partial charge in [0.1, 0.15) is 17.1 Å². The van der Waals surface area contributed by atoms with Gasteiger partial charge in [0, 0.05) is 32.4 Å². The number of amides is 1. The summed E-state index contributed by atoms with van der Waals surface area (Å²) in [5.74, 6) is 2.02. The molecule has 1 saturated heterocycles. The predicted octanol–water partition coefficient (Wildman–Crippen LogP) is 4.02. The van der Waals surface area contributed by atoms with E-state index in [9.17, 15) is 9.90 Å². The Labute approximate surface area is 211 Å². The molecule has 188 valence electrons. The van der Waals surface area contributed by atoms with Gasteiger partial charge < -0.3 is 25.4 Å². The number of anilines is 2. The molecule has 1 aromatic heterocycles. The molecule has 2 aliphatic carbocycles. The number of hydrogen-bond donors (Lipinski definition) is 3. The highest BCUT2D eigenvalue weighted by Crippen LogP contribution is 2.53. The van der Waals surface area contributed by atoms with Gasteiger partial charge in [-0.25, -0.2) is 4.98 Å². The molecule has 9 heteroatoms. The van der Waals surface area contributed by atoms with Gasteiger partial charge in [0.05, 0.1) is 18.2 Å². The zero-order chi connectivity index (χ0) is 24.4. The Kier molecular flexibility index (Phi) is 7.02. The van der Waals surface area contributed by atoms with Gasteiger partial charge in [0.15, 0.2) is 0 Å². The smallest absolute Gasteiger partial charge is 0.256 e. The summed E-state index contributed by atoms with van der Waals surface area (Å²) in [7, 11) is 1.59. The Morgan fingerprint density at radius 1 is 1.26 bits per heavy atom. The first kappa shape index (κ1) is 24.1. The molecule has 0 atom stereocenters. The molecular formula is C26H34ClN5O3. The van der Waals surface area contributed by atoms with Crippen LogP contribution in [0.2, 0.25) is 5.02 Å². The highest BCUT2D eigenvalue weighted by molar-refractivity contribution is 6.32. The summed E-state index contributed by atoms with van der Waals surface area (Å²) < 4.78 is 5.25. The average molecular weight is 500 g/mol. The Morgan fingerprint density at radius 3 is 2.74 bits per heavy atom. The summed E-state index contributed by atoms with van der Waals surface area (Å²) in [6.45, 7) is 2.99. The number of halogens is 1. The lowest BCUT2D eigenvalue weighted by molar-refractivity contribution is 0.0910. The molecule has 1 spiro atoms. The standard InChI is InChI=1S/C26H34ClN5O3/c1-35-22-7-4-18(12-21(22)27)14-28-23-20(24(34)29-13-17-2-5-19(33)6-3-17)15-30-25(31-23)32-11-10-26(16-32)8-9-26/h4,7,12,15,17,19,33H,2-3,5-6,8-11,13-14,16H2,1H3,(H,29,34)(H,28,30,31)/t17-,19-. The fourth-order valence-corrected chi connectivity index (χ4v) is 5.48. The van der Waals surface area contributed by atoms with E-state index < -0.39 is 0 Å². The van der Waals surface area contributed by atoms with Crippen LogP contribution >= 0.6 is 11.6 Å². The maximum Gasteiger partial charge on any atom is 0.256 e. The average Bonchev–Trinajstić information content (AvgIpc) is 3.50. The van der Waals surface area contributed by atoms with Crippen LogP contribution < -0.4 is 20.3 Å². The molecule has 1 aliphatic heterocycles. The van der Waals surface area contributed by atoms with Gasteiger partial charge in [0.25, 0.3) is 5.91 Å². The molecule has 1 amide bonds. The number of hydrogen-bond acceptors (Lipinski definition) is 7. The lowest BCUT2D eigenvalue weighted by Gasteiger charge is -2.25. The first-order valence-electron chi connectivity index (χ1n) is 12.6. The highest BCUT2D eigenvalue weighted by atomic mass is 35.5. The van der Waals surface area contributed by atoms with E-state index in [2.05, 4.69) is 20.5 Å². The summed E-state index contributed by atoms with van der Waals surface area (Å²) in [6.07, 6.45) is 8.64. The lowest BCUT2D eigenvalue weighted by Crippen LogP contribution is -2.33. The fraction of sp³-hybridized carbons (Fsp3) is 0.577. The van der Waals surface area contributed by atoms with Crippen LogP contribution in [0.15, 0.2) is 24.4 Å². The van der Waals surface area contributed by atoms with E-state index in [1.807, 2.05) is 18.2 Å². The van der Waals surface area contributed by atoms with Crippen molar-refractivity contribution in [3.63, 3.8) is 0 Å². The third-order valence-electron chi connectivity index (χ3n) is 7.74. The second-order valence-corrected chi connectivity index (χ2v) is 10.7. The molecule has 3 N–H and O–H groups in total. The van der Waals surface area contributed by atoms with Crippen molar-refractivity contribution >= 4 is 29.3 Å². The molecular weight excluding hydrogens is 466 g/mol. The van der Waals surface area contributed by atoms with Crippen molar-refractivity contribution in [2.45, 2.75) is 57.6 Å². The Bertz CT molecular complexity index is 1070. The molecule has 3 fully saturated rings. The molecule has 35 heavy (non-hydrogen) atoms. The molecule has 0 unspecified atom stereocenters. The molecule has 2 heterocycles. The summed E-state index contributed by atoms with van der Waals surface area (Å²) in [5, 5.41) is 16.7. The third-order valence-corrected chi connectivity index (χ3v) is 8.04. The minimum atomic E-state index is -0.203. The number of aliphatic hydroxyl groups excluding tert-OH is 1. The number of aliphatic hydroxyl groups is 1. The van der Waals surface area contributed by atoms with E-state index in [1.165, 1.54) is 19.3 Å². The number of rotatable bonds is 8. The van der Waals surface area contributed by atoms with Gasteiger partial charge in [-0.05, 0) is 74.0 Å². The number of nitrogens with zero attached hydrogens (tertiary/aromatic N) is 3. The van der Waals surface area contributed by atoms with Crippen molar-refractivity contribution in [3.05, 3.63) is 40.5 Å². The minimum Gasteiger partial charge on any atom is -0.495 e. The molecule has 0 bridgehead atoms. The van der Waals surface area contributed by atoms with Gasteiger partial charge in [0.2, 0.25) is 5.95 Å². The summed E-state index contributed by atoms with van der Waals surface area (Å²) in [5.41, 5.74) is 1.85. The quantitative estimate of drug-likeness (QED) is 0.504. The Morgan fingerprint density at radius 2 is 2.06 bits per heavy atom. The van der Waals surface area contributed by atoms with E-state index in [-0.39, 0.29) is 12.0 Å². The molecule has 0 radical (unpaired) electrons. The number of nitrogens with one attached hydrogen (secondary N) is 2. The SMILES string of the molecule is COc1ccc(CNc2nc(N3CCC4(CC4)C3)ncc2C(=O)NC[C@H]2CC[C@H](O)CC2)cc1Cl. The first-order valence-corrected chi connectivity index (χ1v) is 13.0. The van der Waals surface area contributed by atoms with Gasteiger partial charge in [-0.2, -0.15) is 4.98 Å². The second kappa shape index (κ2) is 10.2. The maximum atomic E-state index is 13.1. The van der Waals surface area contributed by atoms with Crippen molar-refractivity contribution in [1.82, 2.24) is 15.3 Å². The molecule has 5 rings (SSSR count). The predicted molar refractivity (Wildman–Crippen MR) is 136 cm³/mol. The normalized spacial score (nSPS) is 22.8. The van der Waals surface area contributed by atoms with Crippen LogP contribution in [-0.2, 0) is 6.54 Å². The molecule has 2 saturated carbocycles. The van der Waals surface area contributed by atoms with E-state index in [4.69, 9.17) is 21.3 Å². The topological polar surface area (TPSA) is 99.6 Å². The number of aromatic nitrogens is 2. The van der Waals surface area contributed by atoms with Crippen molar-refractivity contribution in [2.75, 3.05) is 37.0 Å². The van der Waals surface area contributed by atoms with Crippen molar-refractivity contribution < 1.29 is 14.6 Å². The minimum absolute atomic E-state index is 0.182. The zero-order valence-corrected chi connectivity index (χ0v) is 21.0. The van der Waals surface area contributed by atoms with Gasteiger partial charge in [-0.15, -0.1) is 0 Å². The summed E-state index contributed by atoms with van der Waals surface area (Å²) >= 11 is 6.30. The Hall–Kier alpha value is -2.58. The van der Waals surface area contributed by atoms with E-state index in [0.717, 1.165) is 44.3 Å². The van der Waals surface area contributed by atoms with Crippen molar-refractivity contribution in [1.29, 1.82) is 0 Å². The van der Waals surface area contributed by atoms with Crippen LogP contribution in [0.4, 0.5) is 11.8 Å². The number of carbonyl (C=O) groups excluding carboxylic acids is 1. The monoisotopic (exact) mass is 499 g/mol. The van der Waals surface area contributed by atoms with E-state index in [0.29, 0.717) is 52.5 Å². The molecule has 2 aromatic rings. The first-order chi connectivity index (χ1) is 16.9. The maximum absolute atomic E-state index is 13.1. The van der Waals surface area contributed by atoms with Crippen LogP contribution in [0.3, 0.4) is 0 Å². The lowest BCUT2D eigenvalue weighted by atomic mass is 9.87. The third kappa shape index (κ3) is 5.64. The number of carbonyl (C=O) groups is 1. The summed E-state index contributed by atoms with van der Waals surface area (Å²) in [6, 6.07) is 5.62. The largest absolute Gasteiger partial charge is 0.495 e. The van der Waals surface area contributed by atoms with Crippen LogP contribution in [0.5, 0.6) is 5.75 Å². The van der Waals surface area contributed by atoms with Gasteiger partial charge >= 0.3 is 0 Å². The number of ether oxygens (including phenoxy) is 1. The zero-order valence-electron chi connectivity index (χ0n) is 20.2. The van der Waals surface area contributed by atoms with Crippen molar-refractivity contribution in [3.8, 4) is 5.75 Å². The number of methoxy groups -OCH3 is 1. The van der Waals surface area contributed by atoms with Crippen LogP contribution in [0.1, 0.15) is 60.9 Å². The second-order valence-electron chi connectivity index (χ2n) is 10.3. The highest BCUT2D eigenvalue weighted by Gasteiger charge is 2.48. The van der Waals surface area contributed by atoms with E-state index >= 15 is 0 Å². The Balaban J connectivity index is 1.31. The molecule has 1 aromatic carbocycles. The van der Waals surface area contributed by atoms with Crippen LogP contribution in [0.25, 0.3) is 0 Å². The van der Waals surface area contributed by atoms with Gasteiger partial charge in [-0.1, -0.05) is 17.7 Å². The van der Waals surface area contributed by atoms with E-state index in [1.54, 1.807) is 13.3 Å². The van der Waals surface area contributed by atoms with Gasteiger partial charge in [-0.3, -0.25) is 4.79 Å². The molecule has 8 nitrogen and oxygen atoms in total. The van der Waals surface area contributed by atoms with Crippen LogP contribution in [0, 0.1) is 11.3 Å². The van der Waals surface area contributed by atoms with Crippen LogP contribution in [-0.4, -0.2) is 53.8 Å². The van der Waals surface area contributed by atoms with Crippen molar-refractivity contribution in [2.24, 2.45) is 11.3 Å². The summed E-state index contributed by atoms with van der Waals surface area (Å²) in [4.78, 5) is 24.7.